The van der Waals surface area contributed by atoms with Crippen molar-refractivity contribution < 1.29 is 4.74 Å². The third kappa shape index (κ3) is 5.88. The van der Waals surface area contributed by atoms with Crippen molar-refractivity contribution in [2.75, 3.05) is 20.0 Å². The van der Waals surface area contributed by atoms with Gasteiger partial charge < -0.3 is 0 Å². The minimum absolute atomic E-state index is 0.900. The van der Waals surface area contributed by atoms with Crippen molar-refractivity contribution in [3.05, 3.63) is 181 Å². The van der Waals surface area contributed by atoms with Gasteiger partial charge in [0.1, 0.15) is 0 Å². The first-order valence-electron chi connectivity index (χ1n) is 15.2. The van der Waals surface area contributed by atoms with Gasteiger partial charge in [-0.25, -0.2) is 0 Å². The van der Waals surface area contributed by atoms with E-state index in [1.54, 1.807) is 0 Å². The number of hydrogen-bond donors (Lipinski definition) is 0. The van der Waals surface area contributed by atoms with E-state index in [1.165, 1.54) is 31.8 Å². The zero-order chi connectivity index (χ0) is 31.1. The Morgan fingerprint density at radius 2 is 1.41 bits per heavy atom. The van der Waals surface area contributed by atoms with Crippen LogP contribution in [-0.2, 0) is 0 Å². The number of para-hydroxylation sites is 2. The van der Waals surface area contributed by atoms with Crippen LogP contribution < -0.4 is 26.0 Å². The normalized spacial score (nSPS) is 16.0. The standard InChI is InChI=1S/C41H43OP2/c1-6-7-12-23-34(2)43(3,35-24-13-10-14-25-35)40-32-21-19-30-38(40)42-39-31-20-22-33-41(39)44(4,5,37-28-17-11-18-29-37)36-26-15-8-9-16-27-36/h6-8,10-33H,1,9H2,2-5H3/q+1/b12-7-,34-23+. The van der Waals surface area contributed by atoms with Crippen LogP contribution in [0.3, 0.4) is 0 Å². The molecule has 1 aliphatic carbocycles. The number of rotatable bonds is 10. The summed E-state index contributed by atoms with van der Waals surface area (Å²) in [6, 6.07) is 39.2. The Kier molecular flexibility index (Phi) is 9.51. The van der Waals surface area contributed by atoms with Crippen molar-refractivity contribution in [2.45, 2.75) is 13.3 Å². The number of ether oxygens (including phenoxy) is 1. The Hall–Kier alpha value is -4.02. The molecule has 4 aromatic carbocycles. The second-order valence-electron chi connectivity index (χ2n) is 11.9. The molecule has 0 N–H and O–H groups in total. The van der Waals surface area contributed by atoms with Crippen LogP contribution in [-0.4, -0.2) is 20.0 Å². The summed E-state index contributed by atoms with van der Waals surface area (Å²) in [5.74, 6) is 1.80. The molecule has 0 spiro atoms. The Bertz CT molecular complexity index is 1770. The van der Waals surface area contributed by atoms with Gasteiger partial charge in [-0.15, -0.1) is 0 Å². The van der Waals surface area contributed by atoms with Gasteiger partial charge in [0, 0.05) is 0 Å². The fourth-order valence-corrected chi connectivity index (χ4v) is 13.6. The van der Waals surface area contributed by atoms with Crippen LogP contribution >= 0.6 is 13.9 Å². The van der Waals surface area contributed by atoms with Crippen LogP contribution in [0.5, 0.6) is 11.5 Å². The molecular weight excluding hydrogens is 570 g/mol. The molecule has 44 heavy (non-hydrogen) atoms. The quantitative estimate of drug-likeness (QED) is 0.128. The maximum absolute atomic E-state index is 7.17. The molecule has 4 aromatic rings. The third-order valence-electron chi connectivity index (χ3n) is 8.99. The summed E-state index contributed by atoms with van der Waals surface area (Å²) in [5, 5.41) is 7.79. The van der Waals surface area contributed by atoms with Crippen LogP contribution in [0.1, 0.15) is 13.3 Å². The molecule has 1 nitrogen and oxygen atoms in total. The molecule has 0 heterocycles. The zero-order valence-electron chi connectivity index (χ0n) is 26.3. The predicted molar refractivity (Wildman–Crippen MR) is 200 cm³/mol. The summed E-state index contributed by atoms with van der Waals surface area (Å²) in [5.41, 5.74) is 0. The van der Waals surface area contributed by atoms with Crippen LogP contribution in [0.25, 0.3) is 0 Å². The molecule has 0 aliphatic heterocycles. The molecule has 5 rings (SSSR count). The van der Waals surface area contributed by atoms with Crippen LogP contribution in [0.4, 0.5) is 0 Å². The maximum atomic E-state index is 7.17. The summed E-state index contributed by atoms with van der Waals surface area (Å²) in [4.78, 5) is 0. The Labute approximate surface area is 265 Å². The summed E-state index contributed by atoms with van der Waals surface area (Å²) >= 11 is 0. The Morgan fingerprint density at radius 1 is 0.773 bits per heavy atom. The molecule has 222 valence electrons. The second kappa shape index (κ2) is 13.3. The molecule has 0 aromatic heterocycles. The molecule has 0 saturated carbocycles. The Morgan fingerprint density at radius 3 is 2.14 bits per heavy atom. The van der Waals surface area contributed by atoms with E-state index >= 15 is 0 Å². The Balaban J connectivity index is 1.72. The molecule has 0 amide bonds. The van der Waals surface area contributed by atoms with Gasteiger partial charge in [0.05, 0.1) is 0 Å². The first kappa shape index (κ1) is 31.4. The molecule has 0 fully saturated rings. The molecule has 0 saturated heterocycles. The fourth-order valence-electron chi connectivity index (χ4n) is 6.13. The van der Waals surface area contributed by atoms with E-state index in [0.29, 0.717) is 0 Å². The monoisotopic (exact) mass is 613 g/mol. The second-order valence-corrected chi connectivity index (χ2v) is 21.4. The fraction of sp³-hybridized carbons (Fsp3) is 0.122. The number of allylic oxidation sites excluding steroid dienone is 11. The van der Waals surface area contributed by atoms with Crippen LogP contribution in [0.2, 0.25) is 0 Å². The molecule has 1 aliphatic rings. The van der Waals surface area contributed by atoms with Gasteiger partial charge >= 0.3 is 266 Å². The van der Waals surface area contributed by atoms with Crippen molar-refractivity contribution >= 4 is 35.1 Å². The zero-order valence-corrected chi connectivity index (χ0v) is 28.1. The SMILES string of the molecule is C=C/C=C\C=C(/C)[P+](C)(c1ccccc1)c1ccccc1Oc1ccccc1P(C)(C)(C1=CC=CCC=C1)c1ccccc1. The average molecular weight is 614 g/mol. The van der Waals surface area contributed by atoms with E-state index in [-0.39, 0.29) is 0 Å². The number of hydrogen-bond acceptors (Lipinski definition) is 1. The van der Waals surface area contributed by atoms with E-state index in [4.69, 9.17) is 4.74 Å². The van der Waals surface area contributed by atoms with Crippen molar-refractivity contribution in [3.63, 3.8) is 0 Å². The predicted octanol–water partition coefficient (Wildman–Crippen LogP) is 9.89. The molecule has 0 radical (unpaired) electrons. The first-order chi connectivity index (χ1) is 21.3. The van der Waals surface area contributed by atoms with E-state index in [9.17, 15) is 0 Å². The van der Waals surface area contributed by atoms with Gasteiger partial charge in [-0.05, 0) is 0 Å². The van der Waals surface area contributed by atoms with Gasteiger partial charge in [-0.3, -0.25) is 0 Å². The van der Waals surface area contributed by atoms with Crippen LogP contribution in [0, 0.1) is 0 Å². The number of benzene rings is 4. The minimum atomic E-state index is -2.94. The summed E-state index contributed by atoms with van der Waals surface area (Å²) < 4.78 is 7.17. The summed E-state index contributed by atoms with van der Waals surface area (Å²) in [6.07, 6.45) is 20.4. The average Bonchev–Trinajstić information content (AvgIpc) is 3.37. The van der Waals surface area contributed by atoms with Gasteiger partial charge in [-0.2, -0.15) is 0 Å². The molecule has 1 atom stereocenters. The van der Waals surface area contributed by atoms with Crippen molar-refractivity contribution in [2.24, 2.45) is 0 Å². The topological polar surface area (TPSA) is 9.23 Å². The van der Waals surface area contributed by atoms with Gasteiger partial charge in [0.2, 0.25) is 0 Å². The first-order valence-corrected chi connectivity index (χ1v) is 20.5. The van der Waals surface area contributed by atoms with Crippen molar-refractivity contribution in [1.29, 1.82) is 0 Å². The van der Waals surface area contributed by atoms with Gasteiger partial charge in [-0.1, -0.05) is 0 Å². The third-order valence-corrected chi connectivity index (χ3v) is 18.7. The van der Waals surface area contributed by atoms with E-state index in [1.807, 2.05) is 12.2 Å². The molecular formula is C41H43OP2+. The van der Waals surface area contributed by atoms with E-state index < -0.39 is 13.9 Å². The molecule has 3 heteroatoms. The van der Waals surface area contributed by atoms with Crippen molar-refractivity contribution in [3.8, 4) is 11.5 Å². The van der Waals surface area contributed by atoms with Crippen LogP contribution in [0.15, 0.2) is 181 Å². The van der Waals surface area contributed by atoms with Gasteiger partial charge in [0.15, 0.2) is 0 Å². The summed E-state index contributed by atoms with van der Waals surface area (Å²) in [7, 11) is -2.01. The van der Waals surface area contributed by atoms with Crippen molar-refractivity contribution in [1.82, 2.24) is 0 Å². The summed E-state index contributed by atoms with van der Waals surface area (Å²) in [6.45, 7) is 10.5. The van der Waals surface area contributed by atoms with Gasteiger partial charge in [0.25, 0.3) is 0 Å². The van der Waals surface area contributed by atoms with E-state index in [2.05, 4.69) is 185 Å². The molecule has 0 bridgehead atoms. The van der Waals surface area contributed by atoms with E-state index in [0.717, 1.165) is 17.9 Å². The molecule has 1 unspecified atom stereocenters.